The number of halogens is 6. The normalized spacial score (nSPS) is 11.7. The maximum absolute atomic E-state index is 12.1. The number of rotatable bonds is 8. The topological polar surface area (TPSA) is 73.9 Å². The Morgan fingerprint density at radius 3 is 2.03 bits per heavy atom. The van der Waals surface area contributed by atoms with Crippen LogP contribution in [0.15, 0.2) is 48.5 Å². The number of amides is 1. The average Bonchev–Trinajstić information content (AvgIpc) is 2.66. The zero-order chi connectivity index (χ0) is 23.1. The van der Waals surface area contributed by atoms with Gasteiger partial charge in [-0.3, -0.25) is 4.79 Å². The number of carbonyl (C=O) groups is 2. The van der Waals surface area contributed by atoms with Crippen molar-refractivity contribution in [2.45, 2.75) is 19.1 Å². The maximum atomic E-state index is 12.1. The van der Waals surface area contributed by atoms with E-state index >= 15 is 0 Å². The van der Waals surface area contributed by atoms with Gasteiger partial charge in [-0.05, 0) is 42.0 Å². The molecule has 0 unspecified atom stereocenters. The number of ether oxygens (including phenoxy) is 3. The summed E-state index contributed by atoms with van der Waals surface area (Å²) in [7, 11) is 0. The van der Waals surface area contributed by atoms with E-state index in [2.05, 4.69) is 14.8 Å². The molecular formula is C19H15F6NO5. The molecule has 1 amide bonds. The summed E-state index contributed by atoms with van der Waals surface area (Å²) in [6, 6.07) is 9.66. The zero-order valence-electron chi connectivity index (χ0n) is 15.5. The van der Waals surface area contributed by atoms with Crippen molar-refractivity contribution < 1.29 is 50.1 Å². The van der Waals surface area contributed by atoms with Crippen molar-refractivity contribution in [3.63, 3.8) is 0 Å². The molecule has 2 aromatic rings. The molecule has 0 heterocycles. The molecule has 0 aromatic heterocycles. The van der Waals surface area contributed by atoms with Crippen molar-refractivity contribution in [3.05, 3.63) is 59.7 Å². The number of esters is 1. The van der Waals surface area contributed by atoms with Crippen LogP contribution < -0.4 is 10.1 Å². The maximum Gasteiger partial charge on any atom is 0.573 e. The van der Waals surface area contributed by atoms with Crippen molar-refractivity contribution in [2.24, 2.45) is 0 Å². The van der Waals surface area contributed by atoms with E-state index in [1.54, 1.807) is 0 Å². The van der Waals surface area contributed by atoms with E-state index in [0.29, 0.717) is 5.56 Å². The Balaban J connectivity index is 1.78. The Morgan fingerprint density at radius 1 is 0.871 bits per heavy atom. The molecule has 12 heteroatoms. The van der Waals surface area contributed by atoms with Gasteiger partial charge in [-0.15, -0.1) is 13.2 Å². The van der Waals surface area contributed by atoms with Crippen LogP contribution in [0.5, 0.6) is 5.75 Å². The van der Waals surface area contributed by atoms with E-state index in [4.69, 9.17) is 4.74 Å². The van der Waals surface area contributed by atoms with E-state index in [1.807, 2.05) is 0 Å². The summed E-state index contributed by atoms with van der Waals surface area (Å²) < 4.78 is 85.4. The summed E-state index contributed by atoms with van der Waals surface area (Å²) in [5.74, 6) is -2.06. The first-order valence-corrected chi connectivity index (χ1v) is 8.47. The van der Waals surface area contributed by atoms with Gasteiger partial charge in [0.1, 0.15) is 12.4 Å². The van der Waals surface area contributed by atoms with Crippen molar-refractivity contribution in [1.82, 2.24) is 0 Å². The predicted octanol–water partition coefficient (Wildman–Crippen LogP) is 4.46. The van der Waals surface area contributed by atoms with E-state index in [9.17, 15) is 35.9 Å². The van der Waals surface area contributed by atoms with Crippen molar-refractivity contribution in [2.75, 3.05) is 18.5 Å². The lowest BCUT2D eigenvalue weighted by molar-refractivity contribution is -0.274. The van der Waals surface area contributed by atoms with Gasteiger partial charge in [0.15, 0.2) is 6.61 Å². The first kappa shape index (κ1) is 24.0. The lowest BCUT2D eigenvalue weighted by Gasteiger charge is -2.10. The Hall–Kier alpha value is -3.28. The zero-order valence-corrected chi connectivity index (χ0v) is 15.5. The van der Waals surface area contributed by atoms with Gasteiger partial charge in [0, 0.05) is 5.69 Å². The molecule has 6 nitrogen and oxygen atoms in total. The summed E-state index contributed by atoms with van der Waals surface area (Å²) in [6.45, 7) is -2.37. The summed E-state index contributed by atoms with van der Waals surface area (Å²) in [5.41, 5.74) is 0.608. The second kappa shape index (κ2) is 10.2. The molecule has 0 aliphatic heterocycles. The van der Waals surface area contributed by atoms with E-state index < -0.39 is 43.4 Å². The molecule has 0 atom stereocenters. The number of hydrogen-bond acceptors (Lipinski definition) is 5. The molecule has 0 bridgehead atoms. The second-order valence-electron chi connectivity index (χ2n) is 6.00. The molecule has 168 valence electrons. The molecule has 0 aliphatic rings. The lowest BCUT2D eigenvalue weighted by atomic mass is 10.1. The largest absolute Gasteiger partial charge is 0.573 e. The summed E-state index contributed by atoms with van der Waals surface area (Å²) >= 11 is 0. The van der Waals surface area contributed by atoms with Crippen LogP contribution in [-0.2, 0) is 20.9 Å². The first-order chi connectivity index (χ1) is 14.4. The third-order valence-corrected chi connectivity index (χ3v) is 3.43. The first-order valence-electron chi connectivity index (χ1n) is 8.47. The van der Waals surface area contributed by atoms with Gasteiger partial charge in [-0.1, -0.05) is 12.1 Å². The number of anilines is 1. The molecule has 2 rings (SSSR count). The minimum absolute atomic E-state index is 0.0565. The van der Waals surface area contributed by atoms with Gasteiger partial charge in [0.25, 0.3) is 5.91 Å². The van der Waals surface area contributed by atoms with Crippen LogP contribution in [0, 0.1) is 0 Å². The summed E-state index contributed by atoms with van der Waals surface area (Å²) in [4.78, 5) is 23.7. The Kier molecular flexibility index (Phi) is 7.86. The lowest BCUT2D eigenvalue weighted by Crippen LogP contribution is -2.21. The molecule has 0 saturated heterocycles. The number of hydrogen-bond donors (Lipinski definition) is 1. The Labute approximate surface area is 171 Å². The van der Waals surface area contributed by atoms with E-state index in [0.717, 1.165) is 12.1 Å². The van der Waals surface area contributed by atoms with E-state index in [1.165, 1.54) is 36.4 Å². The molecule has 0 radical (unpaired) electrons. The summed E-state index contributed by atoms with van der Waals surface area (Å²) in [6.07, 6.45) is -9.28. The monoisotopic (exact) mass is 451 g/mol. The minimum atomic E-state index is -4.84. The van der Waals surface area contributed by atoms with Gasteiger partial charge >= 0.3 is 18.5 Å². The molecule has 0 saturated carbocycles. The minimum Gasteiger partial charge on any atom is -0.452 e. The fourth-order valence-electron chi connectivity index (χ4n) is 2.17. The number of benzene rings is 2. The molecule has 31 heavy (non-hydrogen) atoms. The van der Waals surface area contributed by atoms with Gasteiger partial charge < -0.3 is 19.5 Å². The molecule has 0 spiro atoms. The predicted molar refractivity (Wildman–Crippen MR) is 94.2 cm³/mol. The molecule has 0 aliphatic carbocycles. The third-order valence-electron chi connectivity index (χ3n) is 3.43. The molecule has 1 N–H and O–H groups in total. The molecule has 2 aromatic carbocycles. The highest BCUT2D eigenvalue weighted by Crippen LogP contribution is 2.24. The van der Waals surface area contributed by atoms with Gasteiger partial charge in [0.2, 0.25) is 0 Å². The SMILES string of the molecule is O=C(COC(=O)c1ccc(COCC(F)(F)F)cc1)Nc1ccc(OC(F)(F)F)cc1. The molecule has 0 fully saturated rings. The highest BCUT2D eigenvalue weighted by molar-refractivity contribution is 5.95. The fraction of sp³-hybridized carbons (Fsp3) is 0.263. The Morgan fingerprint density at radius 2 is 1.48 bits per heavy atom. The van der Waals surface area contributed by atoms with Crippen LogP contribution in [0.1, 0.15) is 15.9 Å². The van der Waals surface area contributed by atoms with Crippen molar-refractivity contribution >= 4 is 17.6 Å². The molecular weight excluding hydrogens is 436 g/mol. The highest BCUT2D eigenvalue weighted by Gasteiger charge is 2.31. The smallest absolute Gasteiger partial charge is 0.452 e. The highest BCUT2D eigenvalue weighted by atomic mass is 19.4. The average molecular weight is 451 g/mol. The Bertz CT molecular complexity index is 879. The van der Waals surface area contributed by atoms with Crippen molar-refractivity contribution in [3.8, 4) is 5.75 Å². The quantitative estimate of drug-likeness (QED) is 0.474. The van der Waals surface area contributed by atoms with Crippen LogP contribution in [0.2, 0.25) is 0 Å². The van der Waals surface area contributed by atoms with E-state index in [-0.39, 0.29) is 17.9 Å². The van der Waals surface area contributed by atoms with Crippen molar-refractivity contribution in [1.29, 1.82) is 0 Å². The van der Waals surface area contributed by atoms with Crippen LogP contribution in [-0.4, -0.2) is 37.6 Å². The van der Waals surface area contributed by atoms with Crippen LogP contribution >= 0.6 is 0 Å². The fourth-order valence-corrected chi connectivity index (χ4v) is 2.17. The van der Waals surface area contributed by atoms with Gasteiger partial charge in [-0.2, -0.15) is 13.2 Å². The summed E-state index contributed by atoms with van der Waals surface area (Å²) in [5, 5.41) is 2.32. The van der Waals surface area contributed by atoms with Crippen LogP contribution in [0.3, 0.4) is 0 Å². The number of alkyl halides is 6. The van der Waals surface area contributed by atoms with Gasteiger partial charge in [0.05, 0.1) is 12.2 Å². The second-order valence-corrected chi connectivity index (χ2v) is 6.00. The van der Waals surface area contributed by atoms with Crippen LogP contribution in [0.25, 0.3) is 0 Å². The number of carbonyl (C=O) groups excluding carboxylic acids is 2. The van der Waals surface area contributed by atoms with Crippen LogP contribution in [0.4, 0.5) is 32.0 Å². The standard InChI is InChI=1S/C19H15F6NO5/c20-18(21,22)11-29-9-12-1-3-13(4-2-12)17(28)30-10-16(27)26-14-5-7-15(8-6-14)31-19(23,24)25/h1-8H,9-11H2,(H,26,27). The van der Waals surface area contributed by atoms with Gasteiger partial charge in [-0.25, -0.2) is 4.79 Å². The third kappa shape index (κ3) is 9.38. The number of nitrogens with one attached hydrogen (secondary N) is 1.